The van der Waals surface area contributed by atoms with Gasteiger partial charge in [-0.05, 0) is 48.1 Å². The fourth-order valence-electron chi connectivity index (χ4n) is 3.80. The third kappa shape index (κ3) is 2.98. The largest absolute Gasteiger partial charge is 0.311 e. The SMILES string of the molecule is CC(C)C1(Cc2cccc3ccccc23)CCCCCN1. The number of hydrogen-bond acceptors (Lipinski definition) is 1. The third-order valence-corrected chi connectivity index (χ3v) is 5.27. The summed E-state index contributed by atoms with van der Waals surface area (Å²) in [5.41, 5.74) is 1.76. The monoisotopic (exact) mass is 281 g/mol. The van der Waals surface area contributed by atoms with Crippen molar-refractivity contribution in [3.63, 3.8) is 0 Å². The molecule has 0 bridgehead atoms. The Bertz CT molecular complexity index is 586. The zero-order chi connectivity index (χ0) is 14.7. The summed E-state index contributed by atoms with van der Waals surface area (Å²) in [6, 6.07) is 15.5. The van der Waals surface area contributed by atoms with E-state index in [1.54, 1.807) is 0 Å². The van der Waals surface area contributed by atoms with Gasteiger partial charge in [-0.25, -0.2) is 0 Å². The summed E-state index contributed by atoms with van der Waals surface area (Å²) in [7, 11) is 0. The Labute approximate surface area is 128 Å². The summed E-state index contributed by atoms with van der Waals surface area (Å²) in [4.78, 5) is 0. The molecule has 112 valence electrons. The van der Waals surface area contributed by atoms with Crippen LogP contribution < -0.4 is 5.32 Å². The fourth-order valence-corrected chi connectivity index (χ4v) is 3.80. The third-order valence-electron chi connectivity index (χ3n) is 5.27. The maximum absolute atomic E-state index is 3.91. The van der Waals surface area contributed by atoms with Crippen LogP contribution in [0.1, 0.15) is 45.1 Å². The zero-order valence-electron chi connectivity index (χ0n) is 13.4. The smallest absolute Gasteiger partial charge is 0.0244 e. The standard InChI is InChI=1S/C20H27N/c1-16(2)20(13-6-3-7-14-21-20)15-18-11-8-10-17-9-4-5-12-19(17)18/h4-5,8-12,16,21H,3,6-7,13-15H2,1-2H3. The Morgan fingerprint density at radius 1 is 1.00 bits per heavy atom. The Balaban J connectivity index is 1.98. The molecule has 0 aliphatic carbocycles. The van der Waals surface area contributed by atoms with Crippen molar-refractivity contribution in [2.45, 2.75) is 51.5 Å². The lowest BCUT2D eigenvalue weighted by atomic mass is 9.77. The Morgan fingerprint density at radius 2 is 1.81 bits per heavy atom. The number of fused-ring (bicyclic) bond motifs is 1. The molecule has 1 fully saturated rings. The molecule has 21 heavy (non-hydrogen) atoms. The van der Waals surface area contributed by atoms with Crippen LogP contribution in [0.25, 0.3) is 10.8 Å². The minimum absolute atomic E-state index is 0.265. The number of rotatable bonds is 3. The second-order valence-corrected chi connectivity index (χ2v) is 6.86. The molecule has 1 aliphatic rings. The molecule has 2 aromatic rings. The van der Waals surface area contributed by atoms with Gasteiger partial charge in [-0.1, -0.05) is 69.2 Å². The molecule has 1 aliphatic heterocycles. The van der Waals surface area contributed by atoms with Gasteiger partial charge in [-0.15, -0.1) is 0 Å². The van der Waals surface area contributed by atoms with Crippen molar-refractivity contribution >= 4 is 10.8 Å². The molecule has 1 N–H and O–H groups in total. The minimum atomic E-state index is 0.265. The molecule has 1 nitrogen and oxygen atoms in total. The number of hydrogen-bond donors (Lipinski definition) is 1. The highest BCUT2D eigenvalue weighted by molar-refractivity contribution is 5.85. The molecule has 1 heteroatoms. The van der Waals surface area contributed by atoms with Crippen LogP contribution in [0, 0.1) is 5.92 Å². The van der Waals surface area contributed by atoms with E-state index in [1.165, 1.54) is 48.6 Å². The number of benzene rings is 2. The van der Waals surface area contributed by atoms with Crippen molar-refractivity contribution in [3.8, 4) is 0 Å². The molecule has 0 spiro atoms. The van der Waals surface area contributed by atoms with E-state index >= 15 is 0 Å². The maximum atomic E-state index is 3.91. The van der Waals surface area contributed by atoms with Crippen LogP contribution in [0.15, 0.2) is 42.5 Å². The van der Waals surface area contributed by atoms with Gasteiger partial charge in [0, 0.05) is 5.54 Å². The van der Waals surface area contributed by atoms with Crippen LogP contribution >= 0.6 is 0 Å². The Kier molecular flexibility index (Phi) is 4.30. The second-order valence-electron chi connectivity index (χ2n) is 6.86. The lowest BCUT2D eigenvalue weighted by Gasteiger charge is -2.38. The van der Waals surface area contributed by atoms with Gasteiger partial charge < -0.3 is 5.32 Å². The topological polar surface area (TPSA) is 12.0 Å². The summed E-state index contributed by atoms with van der Waals surface area (Å²) in [5, 5.41) is 6.69. The molecule has 0 saturated carbocycles. The van der Waals surface area contributed by atoms with Crippen LogP contribution in [0.3, 0.4) is 0 Å². The molecule has 3 rings (SSSR count). The molecule has 2 aromatic carbocycles. The quantitative estimate of drug-likeness (QED) is 0.840. The normalized spacial score (nSPS) is 23.4. The molecule has 1 saturated heterocycles. The molecule has 1 heterocycles. The Morgan fingerprint density at radius 3 is 2.67 bits per heavy atom. The van der Waals surface area contributed by atoms with E-state index in [2.05, 4.69) is 61.6 Å². The second kappa shape index (κ2) is 6.19. The maximum Gasteiger partial charge on any atom is 0.0244 e. The summed E-state index contributed by atoms with van der Waals surface area (Å²) >= 11 is 0. The van der Waals surface area contributed by atoms with Crippen molar-refractivity contribution in [3.05, 3.63) is 48.0 Å². The van der Waals surface area contributed by atoms with Gasteiger partial charge >= 0.3 is 0 Å². The van der Waals surface area contributed by atoms with Crippen molar-refractivity contribution in [2.75, 3.05) is 6.54 Å². The van der Waals surface area contributed by atoms with E-state index in [4.69, 9.17) is 0 Å². The first-order chi connectivity index (χ1) is 10.2. The lowest BCUT2D eigenvalue weighted by Crippen LogP contribution is -2.51. The summed E-state index contributed by atoms with van der Waals surface area (Å²) in [5.74, 6) is 0.662. The van der Waals surface area contributed by atoms with Crippen LogP contribution in [0.4, 0.5) is 0 Å². The zero-order valence-corrected chi connectivity index (χ0v) is 13.4. The van der Waals surface area contributed by atoms with E-state index < -0.39 is 0 Å². The molecular formula is C20H27N. The van der Waals surface area contributed by atoms with Crippen molar-refractivity contribution in [1.82, 2.24) is 5.32 Å². The van der Waals surface area contributed by atoms with E-state index in [0.717, 1.165) is 6.42 Å². The average Bonchev–Trinajstić information content (AvgIpc) is 2.74. The van der Waals surface area contributed by atoms with Crippen LogP contribution in [0.5, 0.6) is 0 Å². The summed E-state index contributed by atoms with van der Waals surface area (Å²) in [6.45, 7) is 5.93. The van der Waals surface area contributed by atoms with E-state index in [1.807, 2.05) is 0 Å². The van der Waals surface area contributed by atoms with Crippen molar-refractivity contribution in [2.24, 2.45) is 5.92 Å². The first-order valence-corrected chi connectivity index (χ1v) is 8.43. The molecule has 1 atom stereocenters. The highest BCUT2D eigenvalue weighted by atomic mass is 15.0. The predicted molar refractivity (Wildman–Crippen MR) is 91.7 cm³/mol. The first-order valence-electron chi connectivity index (χ1n) is 8.43. The molecule has 0 radical (unpaired) electrons. The van der Waals surface area contributed by atoms with E-state index in [0.29, 0.717) is 5.92 Å². The average molecular weight is 281 g/mol. The molecule has 1 unspecified atom stereocenters. The van der Waals surface area contributed by atoms with Crippen molar-refractivity contribution in [1.29, 1.82) is 0 Å². The summed E-state index contributed by atoms with van der Waals surface area (Å²) in [6.07, 6.45) is 6.50. The highest BCUT2D eigenvalue weighted by Crippen LogP contribution is 2.32. The van der Waals surface area contributed by atoms with Gasteiger partial charge in [0.1, 0.15) is 0 Å². The van der Waals surface area contributed by atoms with Gasteiger partial charge in [0.25, 0.3) is 0 Å². The van der Waals surface area contributed by atoms with E-state index in [-0.39, 0.29) is 5.54 Å². The van der Waals surface area contributed by atoms with Gasteiger partial charge in [0.15, 0.2) is 0 Å². The van der Waals surface area contributed by atoms with Gasteiger partial charge in [0.2, 0.25) is 0 Å². The van der Waals surface area contributed by atoms with Crippen LogP contribution in [0.2, 0.25) is 0 Å². The van der Waals surface area contributed by atoms with Crippen molar-refractivity contribution < 1.29 is 0 Å². The fraction of sp³-hybridized carbons (Fsp3) is 0.500. The summed E-state index contributed by atoms with van der Waals surface area (Å²) < 4.78 is 0. The molecule has 0 amide bonds. The number of nitrogens with one attached hydrogen (secondary N) is 1. The molecule has 0 aromatic heterocycles. The predicted octanol–water partition coefficient (Wildman–Crippen LogP) is 4.94. The van der Waals surface area contributed by atoms with E-state index in [9.17, 15) is 0 Å². The van der Waals surface area contributed by atoms with Gasteiger partial charge in [-0.2, -0.15) is 0 Å². The first kappa shape index (κ1) is 14.6. The van der Waals surface area contributed by atoms with Gasteiger partial charge in [0.05, 0.1) is 0 Å². The highest BCUT2D eigenvalue weighted by Gasteiger charge is 2.34. The Hall–Kier alpha value is -1.34. The van der Waals surface area contributed by atoms with Gasteiger partial charge in [-0.3, -0.25) is 0 Å². The lowest BCUT2D eigenvalue weighted by molar-refractivity contribution is 0.226. The van der Waals surface area contributed by atoms with Crippen LogP contribution in [-0.2, 0) is 6.42 Å². The minimum Gasteiger partial charge on any atom is -0.311 e. The van der Waals surface area contributed by atoms with Crippen LogP contribution in [-0.4, -0.2) is 12.1 Å². The molecular weight excluding hydrogens is 254 g/mol.